The molecular weight excluding hydrogens is 316 g/mol. The van der Waals surface area contributed by atoms with Crippen molar-refractivity contribution in [3.63, 3.8) is 0 Å². The average Bonchev–Trinajstić information content (AvgIpc) is 2.92. The first-order valence-electron chi connectivity index (χ1n) is 9.05. The van der Waals surface area contributed by atoms with Crippen molar-refractivity contribution in [2.45, 2.75) is 61.3 Å². The van der Waals surface area contributed by atoms with Gasteiger partial charge in [-0.3, -0.25) is 5.32 Å². The van der Waals surface area contributed by atoms with Gasteiger partial charge in [0, 0.05) is 28.8 Å². The van der Waals surface area contributed by atoms with Gasteiger partial charge in [-0.15, -0.1) is 12.6 Å². The SMILES string of the molecule is CC(C)(C)C1=C(C(C)(C)CCC(C)(C)C2=C(S)NCN2)NCNC1. The van der Waals surface area contributed by atoms with Crippen LogP contribution in [0.25, 0.3) is 0 Å². The number of allylic oxidation sites excluding steroid dienone is 2. The average molecular weight is 353 g/mol. The highest BCUT2D eigenvalue weighted by molar-refractivity contribution is 7.84. The molecule has 0 aromatic rings. The van der Waals surface area contributed by atoms with Crippen LogP contribution in [0.1, 0.15) is 61.3 Å². The maximum atomic E-state index is 4.58. The number of thiol groups is 1. The van der Waals surface area contributed by atoms with Gasteiger partial charge >= 0.3 is 0 Å². The van der Waals surface area contributed by atoms with Crippen LogP contribution in [0.15, 0.2) is 22.0 Å². The van der Waals surface area contributed by atoms with Crippen molar-refractivity contribution in [1.82, 2.24) is 21.3 Å². The van der Waals surface area contributed by atoms with Gasteiger partial charge in [0.25, 0.3) is 0 Å². The van der Waals surface area contributed by atoms with Gasteiger partial charge in [0.1, 0.15) is 0 Å². The first-order chi connectivity index (χ1) is 11.0. The van der Waals surface area contributed by atoms with Gasteiger partial charge in [-0.2, -0.15) is 0 Å². The van der Waals surface area contributed by atoms with E-state index in [1.807, 2.05) is 0 Å². The van der Waals surface area contributed by atoms with Crippen LogP contribution in [0, 0.1) is 16.2 Å². The quantitative estimate of drug-likeness (QED) is 0.492. The molecular formula is C19H36N4S. The van der Waals surface area contributed by atoms with E-state index in [0.29, 0.717) is 0 Å². The van der Waals surface area contributed by atoms with Crippen molar-refractivity contribution in [1.29, 1.82) is 0 Å². The normalized spacial score (nSPS) is 20.0. The predicted octanol–water partition coefficient (Wildman–Crippen LogP) is 3.52. The van der Waals surface area contributed by atoms with Crippen molar-refractivity contribution in [2.24, 2.45) is 16.2 Å². The molecule has 24 heavy (non-hydrogen) atoms. The maximum absolute atomic E-state index is 4.58. The van der Waals surface area contributed by atoms with Crippen LogP contribution in [0.4, 0.5) is 0 Å². The van der Waals surface area contributed by atoms with Crippen LogP contribution >= 0.6 is 12.6 Å². The molecule has 138 valence electrons. The Kier molecular flexibility index (Phi) is 5.55. The van der Waals surface area contributed by atoms with Gasteiger partial charge in [0.15, 0.2) is 0 Å². The molecule has 0 unspecified atom stereocenters. The molecule has 2 aliphatic heterocycles. The van der Waals surface area contributed by atoms with Gasteiger partial charge in [0.05, 0.1) is 18.4 Å². The van der Waals surface area contributed by atoms with Gasteiger partial charge < -0.3 is 16.0 Å². The Hall–Kier alpha value is -0.810. The number of nitrogens with one attached hydrogen (secondary N) is 4. The second-order valence-electron chi connectivity index (χ2n) is 9.41. The van der Waals surface area contributed by atoms with Crippen LogP contribution in [0.2, 0.25) is 0 Å². The summed E-state index contributed by atoms with van der Waals surface area (Å²) in [5.74, 6) is 0. The van der Waals surface area contributed by atoms with Crippen LogP contribution < -0.4 is 21.3 Å². The zero-order valence-corrected chi connectivity index (χ0v) is 17.4. The molecule has 0 amide bonds. The zero-order chi connectivity index (χ0) is 18.2. The summed E-state index contributed by atoms with van der Waals surface area (Å²) in [6.07, 6.45) is 2.25. The van der Waals surface area contributed by atoms with Gasteiger partial charge in [0.2, 0.25) is 0 Å². The molecule has 0 atom stereocenters. The monoisotopic (exact) mass is 352 g/mol. The van der Waals surface area contributed by atoms with Crippen molar-refractivity contribution < 1.29 is 0 Å². The molecule has 0 aromatic carbocycles. The molecule has 0 bridgehead atoms. The summed E-state index contributed by atoms with van der Waals surface area (Å²) in [6.45, 7) is 18.9. The molecule has 2 heterocycles. The van der Waals surface area contributed by atoms with E-state index in [-0.39, 0.29) is 16.2 Å². The lowest BCUT2D eigenvalue weighted by Crippen LogP contribution is -2.44. The number of hydrogen-bond acceptors (Lipinski definition) is 5. The summed E-state index contributed by atoms with van der Waals surface area (Å²) in [5.41, 5.74) is 4.58. The fourth-order valence-electron chi connectivity index (χ4n) is 3.64. The minimum atomic E-state index is 0.0905. The fourth-order valence-corrected chi connectivity index (χ4v) is 4.11. The highest BCUT2D eigenvalue weighted by Crippen LogP contribution is 2.43. The Labute approximate surface area is 153 Å². The number of rotatable bonds is 5. The van der Waals surface area contributed by atoms with Gasteiger partial charge in [-0.1, -0.05) is 48.5 Å². The second-order valence-corrected chi connectivity index (χ2v) is 9.85. The van der Waals surface area contributed by atoms with Gasteiger partial charge in [-0.25, -0.2) is 0 Å². The molecule has 0 spiro atoms. The van der Waals surface area contributed by atoms with E-state index in [9.17, 15) is 0 Å². The third-order valence-corrected chi connectivity index (χ3v) is 5.77. The second kappa shape index (κ2) is 6.83. The van der Waals surface area contributed by atoms with E-state index >= 15 is 0 Å². The Morgan fingerprint density at radius 2 is 1.33 bits per heavy atom. The molecule has 2 rings (SSSR count). The first-order valence-corrected chi connectivity index (χ1v) is 9.50. The molecule has 4 nitrogen and oxygen atoms in total. The topological polar surface area (TPSA) is 48.1 Å². The minimum Gasteiger partial charge on any atom is -0.375 e. The standard InChI is InChI=1S/C19H36N4S/c1-17(2,3)13-10-20-11-21-14(13)18(4,5)8-9-19(6,7)15-16(24)23-12-22-15/h20-24H,8-12H2,1-7H3. The summed E-state index contributed by atoms with van der Waals surface area (Å²) in [5, 5.41) is 14.8. The highest BCUT2D eigenvalue weighted by Gasteiger charge is 2.35. The van der Waals surface area contributed by atoms with Crippen LogP contribution in [0.3, 0.4) is 0 Å². The minimum absolute atomic E-state index is 0.0905. The fraction of sp³-hybridized carbons (Fsp3) is 0.789. The Morgan fingerprint density at radius 1 is 0.792 bits per heavy atom. The van der Waals surface area contributed by atoms with E-state index in [1.54, 1.807) is 0 Å². The third kappa shape index (κ3) is 4.23. The van der Waals surface area contributed by atoms with Gasteiger partial charge in [-0.05, 0) is 23.8 Å². The molecule has 0 saturated carbocycles. The maximum Gasteiger partial charge on any atom is 0.0863 e. The van der Waals surface area contributed by atoms with E-state index in [4.69, 9.17) is 0 Å². The Balaban J connectivity index is 2.18. The van der Waals surface area contributed by atoms with E-state index in [2.05, 4.69) is 82.4 Å². The molecule has 0 aliphatic carbocycles. The van der Waals surface area contributed by atoms with E-state index in [0.717, 1.165) is 37.8 Å². The lowest BCUT2D eigenvalue weighted by atomic mass is 9.72. The van der Waals surface area contributed by atoms with E-state index in [1.165, 1.54) is 17.0 Å². The molecule has 2 aliphatic rings. The summed E-state index contributed by atoms with van der Waals surface area (Å²) < 4.78 is 0. The van der Waals surface area contributed by atoms with Crippen LogP contribution in [-0.2, 0) is 0 Å². The summed E-state index contributed by atoms with van der Waals surface area (Å²) in [4.78, 5) is 0. The molecule has 5 heteroatoms. The van der Waals surface area contributed by atoms with Crippen molar-refractivity contribution in [3.05, 3.63) is 22.0 Å². The first kappa shape index (κ1) is 19.5. The molecule has 0 saturated heterocycles. The summed E-state index contributed by atoms with van der Waals surface area (Å²) in [7, 11) is 0. The lowest BCUT2D eigenvalue weighted by molar-refractivity contribution is 0.272. The van der Waals surface area contributed by atoms with Crippen molar-refractivity contribution in [2.75, 3.05) is 19.9 Å². The Morgan fingerprint density at radius 3 is 1.83 bits per heavy atom. The van der Waals surface area contributed by atoms with E-state index < -0.39 is 0 Å². The van der Waals surface area contributed by atoms with Crippen molar-refractivity contribution >= 4 is 12.6 Å². The molecule has 0 radical (unpaired) electrons. The van der Waals surface area contributed by atoms with Crippen LogP contribution in [-0.4, -0.2) is 19.9 Å². The molecule has 4 N–H and O–H groups in total. The predicted molar refractivity (Wildman–Crippen MR) is 106 cm³/mol. The lowest BCUT2D eigenvalue weighted by Gasteiger charge is -2.40. The largest absolute Gasteiger partial charge is 0.375 e. The molecule has 0 fully saturated rings. The highest BCUT2D eigenvalue weighted by atomic mass is 32.1. The number of hydrogen-bond donors (Lipinski definition) is 5. The molecule has 0 aromatic heterocycles. The summed E-state index contributed by atoms with van der Waals surface area (Å²) in [6, 6.07) is 0. The smallest absolute Gasteiger partial charge is 0.0863 e. The summed E-state index contributed by atoms with van der Waals surface area (Å²) >= 11 is 4.58. The van der Waals surface area contributed by atoms with Crippen molar-refractivity contribution in [3.8, 4) is 0 Å². The van der Waals surface area contributed by atoms with Crippen LogP contribution in [0.5, 0.6) is 0 Å². The Bertz CT molecular complexity index is 538. The third-order valence-electron chi connectivity index (χ3n) is 5.39. The zero-order valence-electron chi connectivity index (χ0n) is 16.5.